The number of unbranched alkanes of at least 4 members (excludes halogenated alkanes) is 1. The minimum Gasteiger partial charge on any atom is -0.379 e. The zero-order valence-electron chi connectivity index (χ0n) is 9.78. The van der Waals surface area contributed by atoms with Gasteiger partial charge >= 0.3 is 0 Å². The Labute approximate surface area is 101 Å². The first-order chi connectivity index (χ1) is 7.83. The molecule has 3 N–H and O–H groups in total. The first-order valence-electron chi connectivity index (χ1n) is 5.73. The highest BCUT2D eigenvalue weighted by atomic mass is 32.2. The van der Waals surface area contributed by atoms with Gasteiger partial charge in [0.2, 0.25) is 0 Å². The van der Waals surface area contributed by atoms with Gasteiger partial charge in [0, 0.05) is 24.2 Å². The third-order valence-corrected chi connectivity index (χ3v) is 3.09. The molecule has 0 unspecified atom stereocenters. The van der Waals surface area contributed by atoms with E-state index in [1.165, 1.54) is 12.8 Å². The first-order valence-corrected chi connectivity index (χ1v) is 6.71. The number of H-pyrrole nitrogens is 1. The van der Waals surface area contributed by atoms with E-state index in [9.17, 15) is 0 Å². The van der Waals surface area contributed by atoms with Crippen LogP contribution >= 0.6 is 11.8 Å². The molecule has 90 valence electrons. The molecule has 0 aliphatic carbocycles. The molecule has 0 aliphatic heterocycles. The predicted octanol–water partition coefficient (Wildman–Crippen LogP) is 2.19. The largest absolute Gasteiger partial charge is 0.379 e. The van der Waals surface area contributed by atoms with Crippen molar-refractivity contribution in [1.82, 2.24) is 9.97 Å². The molecule has 1 heterocycles. The molecule has 4 nitrogen and oxygen atoms in total. The Morgan fingerprint density at radius 2 is 2.44 bits per heavy atom. The number of aromatic nitrogens is 2. The van der Waals surface area contributed by atoms with Crippen molar-refractivity contribution in [2.75, 3.05) is 12.3 Å². The van der Waals surface area contributed by atoms with E-state index in [2.05, 4.69) is 21.9 Å². The van der Waals surface area contributed by atoms with Gasteiger partial charge in [-0.15, -0.1) is 0 Å². The van der Waals surface area contributed by atoms with Crippen LogP contribution in [0.25, 0.3) is 0 Å². The zero-order chi connectivity index (χ0) is 11.6. The fourth-order valence-electron chi connectivity index (χ4n) is 1.25. The number of amidine groups is 1. The van der Waals surface area contributed by atoms with E-state index in [0.29, 0.717) is 0 Å². The Kier molecular flexibility index (Phi) is 6.72. The Balaban J connectivity index is 2.06. The van der Waals surface area contributed by atoms with Crippen LogP contribution in [0.3, 0.4) is 0 Å². The molecule has 16 heavy (non-hydrogen) atoms. The van der Waals surface area contributed by atoms with Gasteiger partial charge in [0.05, 0.1) is 6.33 Å². The zero-order valence-corrected chi connectivity index (χ0v) is 10.6. The van der Waals surface area contributed by atoms with E-state index in [1.807, 2.05) is 6.20 Å². The summed E-state index contributed by atoms with van der Waals surface area (Å²) in [4.78, 5) is 11.4. The van der Waals surface area contributed by atoms with Crippen LogP contribution in [-0.4, -0.2) is 27.4 Å². The molecule has 1 rings (SSSR count). The molecule has 0 aromatic carbocycles. The Morgan fingerprint density at radius 3 is 3.12 bits per heavy atom. The van der Waals surface area contributed by atoms with Gasteiger partial charge in [0.1, 0.15) is 0 Å². The lowest BCUT2D eigenvalue weighted by Gasteiger charge is -1.99. The standard InChI is InChI=1S/C11H20N4S/c1-2-3-7-16-11(12)14-6-4-5-10-8-13-9-15-10/h8-9H,2-7H2,1H3,(H2,12,14)(H,13,15). The highest BCUT2D eigenvalue weighted by Crippen LogP contribution is 2.04. The van der Waals surface area contributed by atoms with Gasteiger partial charge in [-0.1, -0.05) is 25.1 Å². The molecule has 1 aromatic rings. The Hall–Kier alpha value is -0.970. The lowest BCUT2D eigenvalue weighted by Crippen LogP contribution is -2.08. The molecular formula is C11H20N4S. The molecule has 0 fully saturated rings. The van der Waals surface area contributed by atoms with Gasteiger partial charge < -0.3 is 10.7 Å². The lowest BCUT2D eigenvalue weighted by molar-refractivity contribution is 0.817. The van der Waals surface area contributed by atoms with Crippen LogP contribution in [0.4, 0.5) is 0 Å². The normalized spacial score (nSPS) is 11.9. The SMILES string of the molecule is CCCCSC(N)=NCCCc1cnc[nH]1. The number of imidazole rings is 1. The molecule has 0 saturated carbocycles. The van der Waals surface area contributed by atoms with E-state index in [0.717, 1.165) is 36.0 Å². The maximum Gasteiger partial charge on any atom is 0.153 e. The average molecular weight is 240 g/mol. The molecule has 0 atom stereocenters. The fourth-order valence-corrected chi connectivity index (χ4v) is 2.07. The molecule has 0 bridgehead atoms. The van der Waals surface area contributed by atoms with Crippen molar-refractivity contribution in [2.24, 2.45) is 10.7 Å². The van der Waals surface area contributed by atoms with Crippen molar-refractivity contribution in [3.63, 3.8) is 0 Å². The van der Waals surface area contributed by atoms with E-state index in [4.69, 9.17) is 5.73 Å². The van der Waals surface area contributed by atoms with Crippen molar-refractivity contribution in [3.05, 3.63) is 18.2 Å². The van der Waals surface area contributed by atoms with Crippen molar-refractivity contribution in [2.45, 2.75) is 32.6 Å². The fraction of sp³-hybridized carbons (Fsp3) is 0.636. The number of nitrogens with two attached hydrogens (primary N) is 1. The van der Waals surface area contributed by atoms with Crippen LogP contribution in [0.2, 0.25) is 0 Å². The third-order valence-electron chi connectivity index (χ3n) is 2.17. The van der Waals surface area contributed by atoms with Crippen molar-refractivity contribution < 1.29 is 0 Å². The summed E-state index contributed by atoms with van der Waals surface area (Å²) < 4.78 is 0. The number of aliphatic imine (C=N–C) groups is 1. The maximum atomic E-state index is 5.77. The van der Waals surface area contributed by atoms with Gasteiger partial charge in [0.25, 0.3) is 0 Å². The van der Waals surface area contributed by atoms with E-state index >= 15 is 0 Å². The third kappa shape index (κ3) is 5.80. The minimum absolute atomic E-state index is 0.720. The van der Waals surface area contributed by atoms with Crippen LogP contribution < -0.4 is 5.73 Å². The summed E-state index contributed by atoms with van der Waals surface area (Å²) in [5.74, 6) is 1.08. The molecule has 0 spiro atoms. The van der Waals surface area contributed by atoms with Crippen molar-refractivity contribution >= 4 is 16.9 Å². The maximum absolute atomic E-state index is 5.77. The van der Waals surface area contributed by atoms with Gasteiger partial charge in [-0.25, -0.2) is 4.98 Å². The van der Waals surface area contributed by atoms with Gasteiger partial charge in [-0.3, -0.25) is 4.99 Å². The van der Waals surface area contributed by atoms with Crippen LogP contribution in [0.15, 0.2) is 17.5 Å². The number of hydrogen-bond donors (Lipinski definition) is 2. The van der Waals surface area contributed by atoms with Gasteiger partial charge in [-0.05, 0) is 19.3 Å². The molecule has 0 amide bonds. The van der Waals surface area contributed by atoms with Crippen LogP contribution in [-0.2, 0) is 6.42 Å². The molecule has 0 radical (unpaired) electrons. The van der Waals surface area contributed by atoms with Gasteiger partial charge in [-0.2, -0.15) is 0 Å². The number of hydrogen-bond acceptors (Lipinski definition) is 3. The molecule has 0 aliphatic rings. The number of thioether (sulfide) groups is 1. The summed E-state index contributed by atoms with van der Waals surface area (Å²) in [6.45, 7) is 2.97. The molecule has 0 saturated heterocycles. The summed E-state index contributed by atoms with van der Waals surface area (Å²) in [6.07, 6.45) is 7.96. The van der Waals surface area contributed by atoms with Crippen molar-refractivity contribution in [1.29, 1.82) is 0 Å². The summed E-state index contributed by atoms with van der Waals surface area (Å²) >= 11 is 1.66. The van der Waals surface area contributed by atoms with E-state index in [1.54, 1.807) is 18.1 Å². The average Bonchev–Trinajstić information content (AvgIpc) is 2.78. The number of rotatable bonds is 7. The Morgan fingerprint density at radius 1 is 1.56 bits per heavy atom. The highest BCUT2D eigenvalue weighted by molar-refractivity contribution is 8.13. The highest BCUT2D eigenvalue weighted by Gasteiger charge is 1.95. The van der Waals surface area contributed by atoms with Crippen LogP contribution in [0.5, 0.6) is 0 Å². The predicted molar refractivity (Wildman–Crippen MR) is 70.8 cm³/mol. The number of aryl methyl sites for hydroxylation is 1. The van der Waals surface area contributed by atoms with E-state index < -0.39 is 0 Å². The molecule has 1 aromatic heterocycles. The number of nitrogens with one attached hydrogen (secondary N) is 1. The second-order valence-corrected chi connectivity index (χ2v) is 4.72. The summed E-state index contributed by atoms with van der Waals surface area (Å²) in [5, 5.41) is 0.720. The quantitative estimate of drug-likeness (QED) is 0.436. The molecular weight excluding hydrogens is 220 g/mol. The summed E-state index contributed by atoms with van der Waals surface area (Å²) in [7, 11) is 0. The summed E-state index contributed by atoms with van der Waals surface area (Å²) in [5.41, 5.74) is 6.93. The second kappa shape index (κ2) is 8.21. The van der Waals surface area contributed by atoms with Crippen molar-refractivity contribution in [3.8, 4) is 0 Å². The Bertz CT molecular complexity index is 295. The van der Waals surface area contributed by atoms with E-state index in [-0.39, 0.29) is 0 Å². The monoisotopic (exact) mass is 240 g/mol. The van der Waals surface area contributed by atoms with Crippen LogP contribution in [0.1, 0.15) is 31.9 Å². The number of aromatic amines is 1. The number of nitrogens with zero attached hydrogens (tertiary/aromatic N) is 2. The second-order valence-electron chi connectivity index (χ2n) is 3.60. The first kappa shape index (κ1) is 13.1. The summed E-state index contributed by atoms with van der Waals surface area (Å²) in [6, 6.07) is 0. The lowest BCUT2D eigenvalue weighted by atomic mass is 10.2. The van der Waals surface area contributed by atoms with Crippen LogP contribution in [0, 0.1) is 0 Å². The minimum atomic E-state index is 0.720. The smallest absolute Gasteiger partial charge is 0.153 e. The topological polar surface area (TPSA) is 67.1 Å². The van der Waals surface area contributed by atoms with Gasteiger partial charge in [0.15, 0.2) is 5.17 Å². The molecule has 5 heteroatoms.